The molecular formula is C19H15BrClN5O2. The van der Waals surface area contributed by atoms with Gasteiger partial charge in [0.25, 0.3) is 5.91 Å². The Labute approximate surface area is 173 Å². The Kier molecular flexibility index (Phi) is 3.96. The number of pyridine rings is 1. The van der Waals surface area contributed by atoms with Crippen molar-refractivity contribution in [2.24, 2.45) is 0 Å². The molecule has 3 aromatic rings. The molecule has 1 saturated carbocycles. The SMILES string of the molecule is O=C(CN1CC2(CC2)c2cc(Br)ccc2C1=O)Nc1nc2cc(Cl)ccn2n1. The van der Waals surface area contributed by atoms with E-state index in [2.05, 4.69) is 31.3 Å². The zero-order chi connectivity index (χ0) is 19.5. The van der Waals surface area contributed by atoms with Crippen molar-refractivity contribution in [2.75, 3.05) is 18.4 Å². The number of aromatic nitrogens is 3. The van der Waals surface area contributed by atoms with Gasteiger partial charge in [-0.25, -0.2) is 4.52 Å². The molecular weight excluding hydrogens is 446 g/mol. The van der Waals surface area contributed by atoms with Crippen LogP contribution >= 0.6 is 27.5 Å². The Hall–Kier alpha value is -2.45. The van der Waals surface area contributed by atoms with Gasteiger partial charge in [-0.2, -0.15) is 4.98 Å². The molecule has 142 valence electrons. The molecule has 1 spiro atoms. The van der Waals surface area contributed by atoms with Crippen molar-refractivity contribution < 1.29 is 9.59 Å². The average molecular weight is 461 g/mol. The van der Waals surface area contributed by atoms with Crippen LogP contribution in [0.4, 0.5) is 5.95 Å². The monoisotopic (exact) mass is 459 g/mol. The molecule has 5 rings (SSSR count). The first-order valence-electron chi connectivity index (χ1n) is 8.85. The Morgan fingerprint density at radius 1 is 1.29 bits per heavy atom. The Morgan fingerprint density at radius 2 is 2.11 bits per heavy atom. The van der Waals surface area contributed by atoms with E-state index in [4.69, 9.17) is 11.6 Å². The molecule has 1 aliphatic heterocycles. The fourth-order valence-corrected chi connectivity index (χ4v) is 4.30. The summed E-state index contributed by atoms with van der Waals surface area (Å²) in [6.45, 7) is 0.517. The summed E-state index contributed by atoms with van der Waals surface area (Å²) in [5.41, 5.74) is 2.28. The average Bonchev–Trinajstić information content (AvgIpc) is 3.31. The van der Waals surface area contributed by atoms with Gasteiger partial charge in [0, 0.05) is 39.3 Å². The first kappa shape index (κ1) is 17.6. The number of fused-ring (bicyclic) bond motifs is 3. The summed E-state index contributed by atoms with van der Waals surface area (Å²) < 4.78 is 2.50. The van der Waals surface area contributed by atoms with Crippen molar-refractivity contribution in [3.8, 4) is 0 Å². The molecule has 1 aromatic carbocycles. The molecule has 28 heavy (non-hydrogen) atoms. The maximum Gasteiger partial charge on any atom is 0.254 e. The second-order valence-electron chi connectivity index (χ2n) is 7.26. The van der Waals surface area contributed by atoms with E-state index in [1.54, 1.807) is 23.2 Å². The van der Waals surface area contributed by atoms with Crippen LogP contribution in [0, 0.1) is 0 Å². The minimum absolute atomic E-state index is 0.0224. The highest BCUT2D eigenvalue weighted by Gasteiger charge is 2.51. The van der Waals surface area contributed by atoms with Crippen LogP contribution in [0.25, 0.3) is 5.65 Å². The lowest BCUT2D eigenvalue weighted by atomic mass is 9.86. The van der Waals surface area contributed by atoms with Gasteiger partial charge in [0.05, 0.1) is 0 Å². The van der Waals surface area contributed by atoms with Gasteiger partial charge >= 0.3 is 0 Å². The van der Waals surface area contributed by atoms with E-state index in [-0.39, 0.29) is 29.7 Å². The van der Waals surface area contributed by atoms with Gasteiger partial charge in [-0.3, -0.25) is 14.9 Å². The van der Waals surface area contributed by atoms with Crippen LogP contribution in [0.15, 0.2) is 41.0 Å². The molecule has 1 N–H and O–H groups in total. The number of rotatable bonds is 3. The predicted octanol–water partition coefficient (Wildman–Crippen LogP) is 3.27. The third-order valence-electron chi connectivity index (χ3n) is 5.30. The Morgan fingerprint density at radius 3 is 2.89 bits per heavy atom. The highest BCUT2D eigenvalue weighted by atomic mass is 79.9. The highest BCUT2D eigenvalue weighted by molar-refractivity contribution is 9.10. The van der Waals surface area contributed by atoms with E-state index >= 15 is 0 Å². The predicted molar refractivity (Wildman–Crippen MR) is 108 cm³/mol. The largest absolute Gasteiger partial charge is 0.328 e. The molecule has 7 nitrogen and oxygen atoms in total. The van der Waals surface area contributed by atoms with E-state index in [0.717, 1.165) is 22.9 Å². The number of benzene rings is 1. The molecule has 9 heteroatoms. The van der Waals surface area contributed by atoms with Crippen LogP contribution < -0.4 is 5.32 Å². The third-order valence-corrected chi connectivity index (χ3v) is 6.03. The Bertz CT molecular complexity index is 1140. The number of nitrogens with zero attached hydrogens (tertiary/aromatic N) is 4. The molecule has 3 heterocycles. The molecule has 0 atom stereocenters. The van der Waals surface area contributed by atoms with Crippen LogP contribution in [0.3, 0.4) is 0 Å². The highest BCUT2D eigenvalue weighted by Crippen LogP contribution is 2.52. The van der Waals surface area contributed by atoms with Crippen LogP contribution in [0.1, 0.15) is 28.8 Å². The lowest BCUT2D eigenvalue weighted by Crippen LogP contribution is -2.46. The number of halogens is 2. The van der Waals surface area contributed by atoms with Crippen LogP contribution in [0.5, 0.6) is 0 Å². The van der Waals surface area contributed by atoms with E-state index in [1.807, 2.05) is 18.2 Å². The smallest absolute Gasteiger partial charge is 0.254 e. The lowest BCUT2D eigenvalue weighted by molar-refractivity contribution is -0.117. The zero-order valence-corrected chi connectivity index (χ0v) is 17.0. The second kappa shape index (κ2) is 6.28. The molecule has 2 aliphatic rings. The van der Waals surface area contributed by atoms with Crippen LogP contribution in [0.2, 0.25) is 5.02 Å². The fraction of sp³-hybridized carbons (Fsp3) is 0.263. The number of hydrogen-bond donors (Lipinski definition) is 1. The summed E-state index contributed by atoms with van der Waals surface area (Å²) >= 11 is 9.43. The van der Waals surface area contributed by atoms with Crippen LogP contribution in [-0.2, 0) is 10.2 Å². The summed E-state index contributed by atoms with van der Waals surface area (Å²) in [6.07, 6.45) is 3.72. The van der Waals surface area contributed by atoms with Gasteiger partial charge in [0.2, 0.25) is 11.9 Å². The van der Waals surface area contributed by atoms with Gasteiger partial charge < -0.3 is 4.90 Å². The number of carbonyl (C=O) groups excluding carboxylic acids is 2. The molecule has 0 saturated heterocycles. The lowest BCUT2D eigenvalue weighted by Gasteiger charge is -2.34. The summed E-state index contributed by atoms with van der Waals surface area (Å²) in [5, 5.41) is 7.41. The van der Waals surface area contributed by atoms with Gasteiger partial charge in [-0.1, -0.05) is 27.5 Å². The Balaban J connectivity index is 1.35. The zero-order valence-electron chi connectivity index (χ0n) is 14.7. The van der Waals surface area contributed by atoms with E-state index in [0.29, 0.717) is 22.8 Å². The minimum Gasteiger partial charge on any atom is -0.328 e. The van der Waals surface area contributed by atoms with Crippen molar-refractivity contribution in [1.29, 1.82) is 0 Å². The summed E-state index contributed by atoms with van der Waals surface area (Å²) in [4.78, 5) is 31.3. The quantitative estimate of drug-likeness (QED) is 0.651. The van der Waals surface area contributed by atoms with Crippen molar-refractivity contribution in [1.82, 2.24) is 19.5 Å². The molecule has 0 radical (unpaired) electrons. The van der Waals surface area contributed by atoms with Crippen molar-refractivity contribution in [3.05, 3.63) is 57.2 Å². The first-order chi connectivity index (χ1) is 13.4. The van der Waals surface area contributed by atoms with Crippen molar-refractivity contribution in [2.45, 2.75) is 18.3 Å². The topological polar surface area (TPSA) is 79.6 Å². The summed E-state index contributed by atoms with van der Waals surface area (Å²) in [7, 11) is 0. The minimum atomic E-state index is -0.327. The molecule has 0 bridgehead atoms. The number of hydrogen-bond acceptors (Lipinski definition) is 4. The summed E-state index contributed by atoms with van der Waals surface area (Å²) in [5.74, 6) is -0.265. The molecule has 2 aromatic heterocycles. The molecule has 1 aliphatic carbocycles. The number of nitrogens with one attached hydrogen (secondary N) is 1. The van der Waals surface area contributed by atoms with Gasteiger partial charge in [0.15, 0.2) is 5.65 Å². The summed E-state index contributed by atoms with van der Waals surface area (Å²) in [6, 6.07) is 9.07. The first-order valence-corrected chi connectivity index (χ1v) is 10.0. The van der Waals surface area contributed by atoms with E-state index in [1.165, 1.54) is 4.52 Å². The number of amides is 2. The molecule has 1 fully saturated rings. The standard InChI is InChI=1S/C19H15BrClN5O2/c20-11-1-2-13-14(7-11)19(4-5-19)10-25(17(13)28)9-16(27)23-18-22-15-8-12(21)3-6-26(15)24-18/h1-3,6-8H,4-5,9-10H2,(H,23,24,27). The van der Waals surface area contributed by atoms with Gasteiger partial charge in [-0.05, 0) is 42.7 Å². The normalized spacial score (nSPS) is 17.1. The van der Waals surface area contributed by atoms with E-state index < -0.39 is 0 Å². The maximum absolute atomic E-state index is 12.9. The fourth-order valence-electron chi connectivity index (χ4n) is 3.79. The number of carbonyl (C=O) groups is 2. The maximum atomic E-state index is 12.9. The third kappa shape index (κ3) is 2.97. The second-order valence-corrected chi connectivity index (χ2v) is 8.61. The number of anilines is 1. The van der Waals surface area contributed by atoms with Gasteiger partial charge in [-0.15, -0.1) is 5.10 Å². The van der Waals surface area contributed by atoms with Crippen molar-refractivity contribution >= 4 is 50.9 Å². The van der Waals surface area contributed by atoms with Crippen molar-refractivity contribution in [3.63, 3.8) is 0 Å². The molecule has 0 unspecified atom stereocenters. The molecule has 2 amide bonds. The van der Waals surface area contributed by atoms with Gasteiger partial charge in [0.1, 0.15) is 6.54 Å². The van der Waals surface area contributed by atoms with E-state index in [9.17, 15) is 9.59 Å². The van der Waals surface area contributed by atoms with Crippen LogP contribution in [-0.4, -0.2) is 44.4 Å².